The van der Waals surface area contributed by atoms with Gasteiger partial charge < -0.3 is 19.4 Å². The van der Waals surface area contributed by atoms with Crippen LogP contribution in [0.4, 0.5) is 0 Å². The van der Waals surface area contributed by atoms with Crippen molar-refractivity contribution in [2.75, 3.05) is 27.2 Å². The number of carboxylic acid groups (broad SMARTS) is 1. The lowest BCUT2D eigenvalue weighted by Gasteiger charge is -2.44. The van der Waals surface area contributed by atoms with Gasteiger partial charge in [-0.2, -0.15) is 0 Å². The lowest BCUT2D eigenvalue weighted by molar-refractivity contribution is -0.914. The van der Waals surface area contributed by atoms with Crippen molar-refractivity contribution in [1.29, 1.82) is 0 Å². The van der Waals surface area contributed by atoms with Gasteiger partial charge in [0.15, 0.2) is 0 Å². The van der Waals surface area contributed by atoms with Crippen LogP contribution in [-0.4, -0.2) is 59.7 Å². The van der Waals surface area contributed by atoms with Gasteiger partial charge in [0.25, 0.3) is 0 Å². The van der Waals surface area contributed by atoms with Crippen molar-refractivity contribution < 1.29 is 24.2 Å². The summed E-state index contributed by atoms with van der Waals surface area (Å²) in [5.74, 6) is -2.12. The van der Waals surface area contributed by atoms with Gasteiger partial charge in [-0.25, -0.2) is 0 Å². The van der Waals surface area contributed by atoms with Crippen molar-refractivity contribution in [2.45, 2.75) is 25.2 Å². The standard InChI is InChI=1S/C9H17NO4/c1-9(13)6-10(2,3)5-7(14-9)4-8(11)12/h7,13H,4-6H2,1-3H3/p+1/t7-,9-/m0/s1. The van der Waals surface area contributed by atoms with E-state index in [-0.39, 0.29) is 6.42 Å². The highest BCUT2D eigenvalue weighted by Crippen LogP contribution is 2.23. The molecule has 0 saturated carbocycles. The van der Waals surface area contributed by atoms with Crippen LogP contribution >= 0.6 is 0 Å². The third-order valence-corrected chi connectivity index (χ3v) is 2.24. The second-order valence-corrected chi connectivity index (χ2v) is 4.79. The average Bonchev–Trinajstić information content (AvgIpc) is 1.74. The lowest BCUT2D eigenvalue weighted by Crippen LogP contribution is -2.61. The van der Waals surface area contributed by atoms with Gasteiger partial charge in [-0.1, -0.05) is 0 Å². The van der Waals surface area contributed by atoms with Crippen LogP contribution in [0.1, 0.15) is 13.3 Å². The SMILES string of the molecule is C[C@@]1(O)C[N+](C)(C)C[C@H](CC(=O)O)O1. The van der Waals surface area contributed by atoms with E-state index in [1.165, 1.54) is 0 Å². The molecule has 0 amide bonds. The highest BCUT2D eigenvalue weighted by atomic mass is 16.6. The Labute approximate surface area is 83.5 Å². The summed E-state index contributed by atoms with van der Waals surface area (Å²) in [4.78, 5) is 10.5. The fourth-order valence-electron chi connectivity index (χ4n) is 2.14. The first-order valence-electron chi connectivity index (χ1n) is 4.64. The summed E-state index contributed by atoms with van der Waals surface area (Å²) < 4.78 is 5.85. The van der Waals surface area contributed by atoms with E-state index >= 15 is 0 Å². The Balaban J connectivity index is 2.66. The van der Waals surface area contributed by atoms with E-state index in [9.17, 15) is 9.90 Å². The number of quaternary nitrogens is 1. The minimum Gasteiger partial charge on any atom is -0.481 e. The molecule has 2 N–H and O–H groups in total. The first-order valence-corrected chi connectivity index (χ1v) is 4.64. The number of morpholine rings is 1. The Morgan fingerprint density at radius 2 is 2.21 bits per heavy atom. The molecule has 5 nitrogen and oxygen atoms in total. The van der Waals surface area contributed by atoms with Gasteiger partial charge in [0.1, 0.15) is 19.2 Å². The van der Waals surface area contributed by atoms with Gasteiger partial charge in [-0.3, -0.25) is 4.79 Å². The maximum atomic E-state index is 10.5. The summed E-state index contributed by atoms with van der Waals surface area (Å²) >= 11 is 0. The largest absolute Gasteiger partial charge is 0.481 e. The van der Waals surface area contributed by atoms with Crippen LogP contribution in [0, 0.1) is 0 Å². The first kappa shape index (κ1) is 11.4. The second-order valence-electron chi connectivity index (χ2n) is 4.79. The summed E-state index contributed by atoms with van der Waals surface area (Å²) in [6, 6.07) is 0. The Hall–Kier alpha value is -0.650. The van der Waals surface area contributed by atoms with Crippen LogP contribution in [0.5, 0.6) is 0 Å². The smallest absolute Gasteiger partial charge is 0.306 e. The number of aliphatic carboxylic acids is 1. The van der Waals surface area contributed by atoms with Gasteiger partial charge in [0.2, 0.25) is 5.79 Å². The van der Waals surface area contributed by atoms with E-state index in [0.29, 0.717) is 17.6 Å². The quantitative estimate of drug-likeness (QED) is 0.603. The maximum Gasteiger partial charge on any atom is 0.306 e. The number of hydrogen-bond donors (Lipinski definition) is 2. The number of carbonyl (C=O) groups is 1. The molecule has 1 saturated heterocycles. The fourth-order valence-corrected chi connectivity index (χ4v) is 2.14. The molecule has 5 heteroatoms. The van der Waals surface area contributed by atoms with Crippen LogP contribution < -0.4 is 0 Å². The molecule has 0 radical (unpaired) electrons. The number of aliphatic hydroxyl groups is 1. The number of likely N-dealkylation sites (N-methyl/N-ethyl adjacent to an activating group) is 1. The molecule has 1 rings (SSSR count). The van der Waals surface area contributed by atoms with Crippen molar-refractivity contribution in [3.8, 4) is 0 Å². The minimum absolute atomic E-state index is 0.0577. The Morgan fingerprint density at radius 1 is 1.64 bits per heavy atom. The van der Waals surface area contributed by atoms with Crippen molar-refractivity contribution in [3.63, 3.8) is 0 Å². The third kappa shape index (κ3) is 3.25. The van der Waals surface area contributed by atoms with Crippen LogP contribution in [-0.2, 0) is 9.53 Å². The topological polar surface area (TPSA) is 66.8 Å². The van der Waals surface area contributed by atoms with Crippen molar-refractivity contribution in [3.05, 3.63) is 0 Å². The molecule has 2 atom stereocenters. The second kappa shape index (κ2) is 3.49. The molecule has 0 aromatic rings. The van der Waals surface area contributed by atoms with E-state index in [0.717, 1.165) is 0 Å². The molecule has 0 aromatic heterocycles. The van der Waals surface area contributed by atoms with Crippen LogP contribution in [0.15, 0.2) is 0 Å². The monoisotopic (exact) mass is 204 g/mol. The maximum absolute atomic E-state index is 10.5. The minimum atomic E-state index is -1.22. The zero-order chi connectivity index (χ0) is 11.0. The zero-order valence-corrected chi connectivity index (χ0v) is 8.86. The molecule has 1 fully saturated rings. The van der Waals surface area contributed by atoms with Gasteiger partial charge >= 0.3 is 5.97 Å². The highest BCUT2D eigenvalue weighted by molar-refractivity contribution is 5.67. The van der Waals surface area contributed by atoms with E-state index < -0.39 is 17.9 Å². The van der Waals surface area contributed by atoms with Gasteiger partial charge in [-0.05, 0) is 6.92 Å². The van der Waals surface area contributed by atoms with E-state index in [2.05, 4.69) is 0 Å². The predicted octanol–water partition coefficient (Wildman–Crippen LogP) is -0.355. The third-order valence-electron chi connectivity index (χ3n) is 2.24. The van der Waals surface area contributed by atoms with E-state index in [1.54, 1.807) is 6.92 Å². The summed E-state index contributed by atoms with van der Waals surface area (Å²) in [7, 11) is 3.90. The van der Waals surface area contributed by atoms with Crippen molar-refractivity contribution in [2.24, 2.45) is 0 Å². The lowest BCUT2D eigenvalue weighted by atomic mass is 10.1. The fraction of sp³-hybridized carbons (Fsp3) is 0.889. The van der Waals surface area contributed by atoms with E-state index in [1.807, 2.05) is 14.1 Å². The van der Waals surface area contributed by atoms with Crippen molar-refractivity contribution >= 4 is 5.97 Å². The Morgan fingerprint density at radius 3 is 2.64 bits per heavy atom. The van der Waals surface area contributed by atoms with Gasteiger partial charge in [-0.15, -0.1) is 0 Å². The van der Waals surface area contributed by atoms with Crippen LogP contribution in [0.2, 0.25) is 0 Å². The molecule has 14 heavy (non-hydrogen) atoms. The number of hydrogen-bond acceptors (Lipinski definition) is 3. The molecule has 82 valence electrons. The highest BCUT2D eigenvalue weighted by Gasteiger charge is 2.42. The predicted molar refractivity (Wildman–Crippen MR) is 49.6 cm³/mol. The van der Waals surface area contributed by atoms with Crippen LogP contribution in [0.3, 0.4) is 0 Å². The van der Waals surface area contributed by atoms with E-state index in [4.69, 9.17) is 9.84 Å². The number of rotatable bonds is 2. The first-order chi connectivity index (χ1) is 6.20. The molecule has 0 spiro atoms. The summed E-state index contributed by atoms with van der Waals surface area (Å²) in [6.45, 7) is 2.66. The summed E-state index contributed by atoms with van der Waals surface area (Å²) in [5.41, 5.74) is 0. The molecule has 1 aliphatic rings. The molecular weight excluding hydrogens is 186 g/mol. The number of ether oxygens (including phenoxy) is 1. The number of carboxylic acids is 1. The zero-order valence-electron chi connectivity index (χ0n) is 8.86. The Kier molecular flexibility index (Phi) is 2.85. The van der Waals surface area contributed by atoms with Gasteiger partial charge in [0.05, 0.1) is 20.5 Å². The van der Waals surface area contributed by atoms with Crippen molar-refractivity contribution in [1.82, 2.24) is 0 Å². The Bertz CT molecular complexity index is 221. The molecule has 1 aliphatic heterocycles. The normalized spacial score (nSPS) is 36.7. The van der Waals surface area contributed by atoms with Crippen LogP contribution in [0.25, 0.3) is 0 Å². The number of nitrogens with zero attached hydrogens (tertiary/aromatic N) is 1. The summed E-state index contributed by atoms with van der Waals surface area (Å²) in [6.07, 6.45) is -0.469. The molecular formula is C9H18NO4+. The molecule has 0 aromatic carbocycles. The molecule has 0 aliphatic carbocycles. The molecule has 1 heterocycles. The molecule has 0 unspecified atom stereocenters. The molecule has 0 bridgehead atoms. The van der Waals surface area contributed by atoms with Gasteiger partial charge in [0, 0.05) is 0 Å². The summed E-state index contributed by atoms with van der Waals surface area (Å²) in [5, 5.41) is 18.4. The average molecular weight is 204 g/mol.